The predicted molar refractivity (Wildman–Crippen MR) is 127 cm³/mol. The molecule has 1 fully saturated rings. The van der Waals surface area contributed by atoms with Gasteiger partial charge < -0.3 is 43.2 Å². The Morgan fingerprint density at radius 1 is 1.18 bits per heavy atom. The van der Waals surface area contributed by atoms with Gasteiger partial charge in [0.15, 0.2) is 5.96 Å². The fraction of sp³-hybridized carbons (Fsp3) is 0.762. The lowest BCUT2D eigenvalue weighted by Gasteiger charge is -2.32. The van der Waals surface area contributed by atoms with Gasteiger partial charge in [0.2, 0.25) is 17.7 Å². The minimum absolute atomic E-state index is 0.0966. The maximum Gasteiger partial charge on any atom is 0.326 e. The molecule has 1 saturated heterocycles. The van der Waals surface area contributed by atoms with Crippen LogP contribution in [0.3, 0.4) is 0 Å². The van der Waals surface area contributed by atoms with Gasteiger partial charge in [0, 0.05) is 20.1 Å². The molecule has 0 saturated carbocycles. The van der Waals surface area contributed by atoms with Crippen LogP contribution in [0.2, 0.25) is 0 Å². The van der Waals surface area contributed by atoms with Crippen molar-refractivity contribution < 1.29 is 24.3 Å². The van der Waals surface area contributed by atoms with Gasteiger partial charge in [-0.25, -0.2) is 4.79 Å². The normalized spacial score (nSPS) is 18.0. The first kappa shape index (κ1) is 29.1. The van der Waals surface area contributed by atoms with Crippen molar-refractivity contribution in [2.75, 3.05) is 26.7 Å². The van der Waals surface area contributed by atoms with Crippen LogP contribution in [0.4, 0.5) is 0 Å². The quantitative estimate of drug-likeness (QED) is 0.0901. The molecule has 0 aromatic rings. The third-order valence-electron chi connectivity index (χ3n) is 5.98. The molecule has 34 heavy (non-hydrogen) atoms. The summed E-state index contributed by atoms with van der Waals surface area (Å²) in [6, 6.07) is -3.50. The summed E-state index contributed by atoms with van der Waals surface area (Å²) in [5.74, 6) is -2.58. The molecule has 194 valence electrons. The Bertz CT molecular complexity index is 743. The Morgan fingerprint density at radius 3 is 2.44 bits per heavy atom. The zero-order valence-electron chi connectivity index (χ0n) is 20.1. The number of carbonyl (C=O) groups is 4. The van der Waals surface area contributed by atoms with Crippen molar-refractivity contribution in [3.63, 3.8) is 0 Å². The van der Waals surface area contributed by atoms with Gasteiger partial charge in [-0.1, -0.05) is 6.42 Å². The van der Waals surface area contributed by atoms with Gasteiger partial charge in [-0.15, -0.1) is 0 Å². The molecule has 10 N–H and O–H groups in total. The number of likely N-dealkylation sites (N-methyl/N-ethyl adjacent to an activating group) is 1. The van der Waals surface area contributed by atoms with Crippen molar-refractivity contribution in [2.24, 2.45) is 27.9 Å². The number of unbranched alkanes of at least 4 members (excludes halogenated alkanes) is 1. The maximum absolute atomic E-state index is 13.1. The van der Waals surface area contributed by atoms with E-state index in [0.29, 0.717) is 38.8 Å². The summed E-state index contributed by atoms with van der Waals surface area (Å²) in [7, 11) is 1.46. The van der Waals surface area contributed by atoms with E-state index in [1.165, 1.54) is 23.8 Å². The van der Waals surface area contributed by atoms with Crippen LogP contribution in [0, 0.1) is 0 Å². The van der Waals surface area contributed by atoms with E-state index >= 15 is 0 Å². The summed E-state index contributed by atoms with van der Waals surface area (Å²) in [4.78, 5) is 56.6. The molecule has 0 spiro atoms. The number of likely N-dealkylation sites (tertiary alicyclic amines) is 1. The fourth-order valence-corrected chi connectivity index (χ4v) is 3.79. The molecule has 4 atom stereocenters. The summed E-state index contributed by atoms with van der Waals surface area (Å²) in [5.41, 5.74) is 22.0. The van der Waals surface area contributed by atoms with Gasteiger partial charge in [0.1, 0.15) is 18.1 Å². The molecule has 1 aliphatic heterocycles. The standard InChI is InChI=1S/C21H40N8O5/c1-13(17(30)27-15(20(33)34)8-5-11-26-21(24)25)28(2)19(32)16-9-6-12-29(16)18(31)14(23)7-3-4-10-22/h13-16H,3-12,22-23H2,1-2H3,(H,27,30)(H,33,34)(H4,24,25,26)/t13-,14-,15-,16-/m0/s1. The Balaban J connectivity index is 2.73. The van der Waals surface area contributed by atoms with Gasteiger partial charge in [0.25, 0.3) is 0 Å². The second-order valence-corrected chi connectivity index (χ2v) is 8.55. The van der Waals surface area contributed by atoms with Crippen LogP contribution in [-0.4, -0.2) is 95.4 Å². The summed E-state index contributed by atoms with van der Waals surface area (Å²) in [6.45, 7) is 2.68. The number of hydrogen-bond donors (Lipinski definition) is 6. The van der Waals surface area contributed by atoms with Crippen LogP contribution in [-0.2, 0) is 19.2 Å². The van der Waals surface area contributed by atoms with Crippen LogP contribution in [0.1, 0.15) is 51.9 Å². The molecule has 0 aromatic carbocycles. The second kappa shape index (κ2) is 14.4. The van der Waals surface area contributed by atoms with Crippen LogP contribution in [0.5, 0.6) is 0 Å². The van der Waals surface area contributed by atoms with E-state index < -0.39 is 36.0 Å². The van der Waals surface area contributed by atoms with E-state index in [1.54, 1.807) is 0 Å². The van der Waals surface area contributed by atoms with E-state index in [-0.39, 0.29) is 30.7 Å². The first-order chi connectivity index (χ1) is 16.0. The Labute approximate surface area is 200 Å². The van der Waals surface area contributed by atoms with Crippen LogP contribution in [0.25, 0.3) is 0 Å². The molecule has 0 radical (unpaired) electrons. The molecule has 1 heterocycles. The van der Waals surface area contributed by atoms with Crippen molar-refractivity contribution >= 4 is 29.7 Å². The fourth-order valence-electron chi connectivity index (χ4n) is 3.79. The zero-order chi connectivity index (χ0) is 25.8. The van der Waals surface area contributed by atoms with Crippen LogP contribution in [0.15, 0.2) is 4.99 Å². The number of aliphatic imine (C=N–C) groups is 1. The summed E-state index contributed by atoms with van der Waals surface area (Å²) in [5, 5.41) is 11.9. The number of nitrogens with two attached hydrogens (primary N) is 4. The highest BCUT2D eigenvalue weighted by atomic mass is 16.4. The number of carbonyl (C=O) groups excluding carboxylic acids is 3. The number of amides is 3. The van der Waals surface area contributed by atoms with Crippen molar-refractivity contribution in [3.05, 3.63) is 0 Å². The largest absolute Gasteiger partial charge is 0.480 e. The number of guanidine groups is 1. The summed E-state index contributed by atoms with van der Waals surface area (Å²) < 4.78 is 0. The molecule has 13 nitrogen and oxygen atoms in total. The third kappa shape index (κ3) is 8.78. The molecule has 1 aliphatic rings. The SMILES string of the molecule is C[C@@H](C(=O)N[C@@H](CCCN=C(N)N)C(=O)O)N(C)C(=O)[C@@H]1CCCN1C(=O)[C@@H](N)CCCCN. The zero-order valence-corrected chi connectivity index (χ0v) is 20.1. The molecule has 1 rings (SSSR count). The van der Waals surface area contributed by atoms with Gasteiger partial charge in [-0.3, -0.25) is 19.4 Å². The van der Waals surface area contributed by atoms with Crippen molar-refractivity contribution in [3.8, 4) is 0 Å². The summed E-state index contributed by atoms with van der Waals surface area (Å²) in [6.07, 6.45) is 3.58. The van der Waals surface area contributed by atoms with E-state index in [1.807, 2.05) is 0 Å². The van der Waals surface area contributed by atoms with Gasteiger partial charge in [-0.05, 0) is 52.0 Å². The number of rotatable bonds is 14. The molecule has 0 aromatic heterocycles. The van der Waals surface area contributed by atoms with Gasteiger partial charge in [0.05, 0.1) is 6.04 Å². The number of hydrogen-bond acceptors (Lipinski definition) is 7. The summed E-state index contributed by atoms with van der Waals surface area (Å²) >= 11 is 0. The van der Waals surface area contributed by atoms with Gasteiger partial charge in [-0.2, -0.15) is 0 Å². The topological polar surface area (TPSA) is 223 Å². The monoisotopic (exact) mass is 484 g/mol. The van der Waals surface area contributed by atoms with E-state index in [4.69, 9.17) is 22.9 Å². The first-order valence-electron chi connectivity index (χ1n) is 11.6. The first-order valence-corrected chi connectivity index (χ1v) is 11.6. The number of aliphatic carboxylic acids is 1. The molecule has 0 aliphatic carbocycles. The molecular formula is C21H40N8O5. The lowest BCUT2D eigenvalue weighted by atomic mass is 10.1. The highest BCUT2D eigenvalue weighted by Crippen LogP contribution is 2.21. The Kier molecular flexibility index (Phi) is 12.3. The number of carboxylic acids is 1. The van der Waals surface area contributed by atoms with Crippen LogP contribution < -0.4 is 28.3 Å². The Morgan fingerprint density at radius 2 is 1.85 bits per heavy atom. The minimum atomic E-state index is -1.20. The highest BCUT2D eigenvalue weighted by Gasteiger charge is 2.39. The van der Waals surface area contributed by atoms with Crippen LogP contribution >= 0.6 is 0 Å². The molecule has 3 amide bonds. The predicted octanol–water partition coefficient (Wildman–Crippen LogP) is -2.10. The van der Waals surface area contributed by atoms with Crippen molar-refractivity contribution in [1.29, 1.82) is 0 Å². The second-order valence-electron chi connectivity index (χ2n) is 8.55. The molecule has 0 bridgehead atoms. The van der Waals surface area contributed by atoms with E-state index in [9.17, 15) is 24.3 Å². The average Bonchev–Trinajstić information content (AvgIpc) is 3.28. The smallest absolute Gasteiger partial charge is 0.326 e. The van der Waals surface area contributed by atoms with Crippen molar-refractivity contribution in [2.45, 2.75) is 76.0 Å². The lowest BCUT2D eigenvalue weighted by molar-refractivity contribution is -0.148. The van der Waals surface area contributed by atoms with Crippen molar-refractivity contribution in [1.82, 2.24) is 15.1 Å². The average molecular weight is 485 g/mol. The maximum atomic E-state index is 13.1. The number of nitrogens with zero attached hydrogens (tertiary/aromatic N) is 3. The number of nitrogens with one attached hydrogen (secondary N) is 1. The van der Waals surface area contributed by atoms with Gasteiger partial charge >= 0.3 is 5.97 Å². The molecular weight excluding hydrogens is 444 g/mol. The van der Waals surface area contributed by atoms with E-state index in [2.05, 4.69) is 10.3 Å². The lowest BCUT2D eigenvalue weighted by Crippen LogP contribution is -2.56. The van der Waals surface area contributed by atoms with E-state index in [0.717, 1.165) is 12.8 Å². The third-order valence-corrected chi connectivity index (χ3v) is 5.98. The molecule has 0 unspecified atom stereocenters. The minimum Gasteiger partial charge on any atom is -0.480 e. The molecule has 13 heteroatoms. The highest BCUT2D eigenvalue weighted by molar-refractivity contribution is 5.94. The Hall–Kier alpha value is -2.93. The number of carboxylic acid groups (broad SMARTS) is 1.